The summed E-state index contributed by atoms with van der Waals surface area (Å²) in [5.74, 6) is -1.01. The molecule has 1 atom stereocenters. The molecule has 8 heteroatoms. The smallest absolute Gasteiger partial charge is 0.246 e. The molecule has 0 saturated carbocycles. The molecule has 1 unspecified atom stereocenters. The Morgan fingerprint density at radius 1 is 1.26 bits per heavy atom. The number of carbonyl (C=O) groups excluding carboxylic acids is 1. The van der Waals surface area contributed by atoms with Gasteiger partial charge in [-0.15, -0.1) is 0 Å². The van der Waals surface area contributed by atoms with Gasteiger partial charge in [-0.3, -0.25) is 9.10 Å². The fourth-order valence-corrected chi connectivity index (χ4v) is 4.31. The minimum atomic E-state index is -3.93. The molecule has 0 saturated heterocycles. The van der Waals surface area contributed by atoms with E-state index in [1.165, 1.54) is 42.4 Å². The van der Waals surface area contributed by atoms with Crippen molar-refractivity contribution in [1.29, 1.82) is 0 Å². The first-order valence-electron chi connectivity index (χ1n) is 7.39. The Balaban J connectivity index is 2.52. The van der Waals surface area contributed by atoms with Gasteiger partial charge in [0.15, 0.2) is 5.25 Å². The summed E-state index contributed by atoms with van der Waals surface area (Å²) in [6.07, 6.45) is 0.592. The van der Waals surface area contributed by atoms with Crippen LogP contribution in [-0.2, 0) is 14.8 Å². The van der Waals surface area contributed by atoms with Crippen molar-refractivity contribution >= 4 is 27.3 Å². The average molecular weight is 343 g/mol. The van der Waals surface area contributed by atoms with Crippen LogP contribution in [0.2, 0.25) is 0 Å². The number of benzene rings is 1. The molecule has 1 amide bonds. The normalized spacial score (nSPS) is 16.6. The number of anilines is 2. The first-order valence-corrected chi connectivity index (χ1v) is 8.90. The summed E-state index contributed by atoms with van der Waals surface area (Å²) < 4.78 is 40.7. The van der Waals surface area contributed by atoms with Crippen LogP contribution < -0.4 is 9.21 Å². The molecular weight excluding hydrogens is 321 g/mol. The van der Waals surface area contributed by atoms with E-state index < -0.39 is 27.0 Å². The van der Waals surface area contributed by atoms with Crippen LogP contribution >= 0.6 is 0 Å². The molecule has 0 N–H and O–H groups in total. The summed E-state index contributed by atoms with van der Waals surface area (Å²) in [4.78, 5) is 15.2. The van der Waals surface area contributed by atoms with Gasteiger partial charge in [0.2, 0.25) is 15.9 Å². The van der Waals surface area contributed by atoms with Crippen molar-refractivity contribution in [2.24, 2.45) is 0 Å². The van der Waals surface area contributed by atoms with Crippen molar-refractivity contribution in [3.8, 4) is 0 Å². The number of sulfonamides is 1. The molecule has 6 nitrogen and oxygen atoms in total. The Labute approximate surface area is 136 Å². The van der Waals surface area contributed by atoms with Gasteiger partial charge in [-0.2, -0.15) is 0 Å². The van der Waals surface area contributed by atoms with E-state index in [-0.39, 0.29) is 12.2 Å². The Bertz CT molecular complexity index is 706. The van der Waals surface area contributed by atoms with Gasteiger partial charge in [-0.1, -0.05) is 0 Å². The quantitative estimate of drug-likeness (QED) is 0.829. The van der Waals surface area contributed by atoms with Crippen LogP contribution in [0.4, 0.5) is 15.8 Å². The summed E-state index contributed by atoms with van der Waals surface area (Å²) in [5, 5.41) is -1.22. The number of carbonyl (C=O) groups is 1. The first-order chi connectivity index (χ1) is 10.7. The predicted molar refractivity (Wildman–Crippen MR) is 88.7 cm³/mol. The molecule has 0 radical (unpaired) electrons. The molecule has 1 aromatic carbocycles. The van der Waals surface area contributed by atoms with Crippen LogP contribution in [0.25, 0.3) is 0 Å². The second-order valence-electron chi connectivity index (χ2n) is 5.90. The maximum Gasteiger partial charge on any atom is 0.246 e. The largest absolute Gasteiger partial charge is 0.373 e. The molecule has 0 aromatic heterocycles. The molecular formula is C15H22FN3O3S. The van der Waals surface area contributed by atoms with Gasteiger partial charge < -0.3 is 9.80 Å². The molecule has 0 aliphatic carbocycles. The van der Waals surface area contributed by atoms with Crippen LogP contribution in [0.3, 0.4) is 0 Å². The van der Waals surface area contributed by atoms with Crippen LogP contribution in [0.15, 0.2) is 18.2 Å². The Hall–Kier alpha value is -1.83. The number of amides is 1. The zero-order chi connectivity index (χ0) is 17.4. The van der Waals surface area contributed by atoms with E-state index in [1.807, 2.05) is 11.9 Å². The number of rotatable bonds is 3. The van der Waals surface area contributed by atoms with Gasteiger partial charge in [-0.05, 0) is 25.5 Å². The molecule has 0 fully saturated rings. The third-order valence-corrected chi connectivity index (χ3v) is 6.10. The number of nitrogens with zero attached hydrogens (tertiary/aromatic N) is 3. The third kappa shape index (κ3) is 3.26. The lowest BCUT2D eigenvalue weighted by molar-refractivity contribution is -0.127. The highest BCUT2D eigenvalue weighted by Crippen LogP contribution is 2.35. The summed E-state index contributed by atoms with van der Waals surface area (Å²) in [6.45, 7) is 2.24. The predicted octanol–water partition coefficient (Wildman–Crippen LogP) is 1.28. The first kappa shape index (κ1) is 17.5. The summed E-state index contributed by atoms with van der Waals surface area (Å²) in [6, 6.07) is 4.08. The van der Waals surface area contributed by atoms with Gasteiger partial charge >= 0.3 is 0 Å². The highest BCUT2D eigenvalue weighted by atomic mass is 32.2. The van der Waals surface area contributed by atoms with Gasteiger partial charge in [0.1, 0.15) is 5.82 Å². The molecule has 2 rings (SSSR count). The highest BCUT2D eigenvalue weighted by Gasteiger charge is 2.37. The van der Waals surface area contributed by atoms with Gasteiger partial charge in [0, 0.05) is 40.3 Å². The molecule has 1 aromatic rings. The summed E-state index contributed by atoms with van der Waals surface area (Å²) in [5.41, 5.74) is 0.917. The van der Waals surface area contributed by atoms with Crippen molar-refractivity contribution in [3.05, 3.63) is 24.0 Å². The van der Waals surface area contributed by atoms with Crippen LogP contribution in [0.5, 0.6) is 0 Å². The number of hydrogen-bond donors (Lipinski definition) is 0. The molecule has 128 valence electrons. The fraction of sp³-hybridized carbons (Fsp3) is 0.533. The Kier molecular flexibility index (Phi) is 4.84. The van der Waals surface area contributed by atoms with Crippen molar-refractivity contribution in [2.75, 3.05) is 43.4 Å². The second-order valence-corrected chi connectivity index (χ2v) is 8.08. The van der Waals surface area contributed by atoms with E-state index >= 15 is 0 Å². The summed E-state index contributed by atoms with van der Waals surface area (Å²) >= 11 is 0. The van der Waals surface area contributed by atoms with Crippen molar-refractivity contribution in [3.63, 3.8) is 0 Å². The van der Waals surface area contributed by atoms with E-state index in [9.17, 15) is 17.6 Å². The minimum absolute atomic E-state index is 0.216. The topological polar surface area (TPSA) is 60.9 Å². The number of hydrogen-bond acceptors (Lipinski definition) is 4. The zero-order valence-electron chi connectivity index (χ0n) is 13.8. The lowest BCUT2D eigenvalue weighted by atomic mass is 10.2. The fourth-order valence-electron chi connectivity index (χ4n) is 2.66. The highest BCUT2D eigenvalue weighted by molar-refractivity contribution is 7.94. The lowest BCUT2D eigenvalue weighted by Gasteiger charge is -2.28. The van der Waals surface area contributed by atoms with Crippen molar-refractivity contribution in [1.82, 2.24) is 4.90 Å². The molecule has 1 aliphatic rings. The average Bonchev–Trinajstić information content (AvgIpc) is 2.64. The standard InChI is InChI=1S/C15H22FN3O3S/c1-11(15(20)17(2)3)23(21,22)19-9-5-8-18(4)13-7-6-12(16)10-14(13)19/h6-7,10-11H,5,8-9H2,1-4H3. The van der Waals surface area contributed by atoms with Crippen LogP contribution in [0, 0.1) is 5.82 Å². The number of fused-ring (bicyclic) bond motifs is 1. The third-order valence-electron chi connectivity index (χ3n) is 4.01. The minimum Gasteiger partial charge on any atom is -0.373 e. The maximum absolute atomic E-state index is 13.7. The van der Waals surface area contributed by atoms with Crippen molar-refractivity contribution < 1.29 is 17.6 Å². The monoisotopic (exact) mass is 343 g/mol. The van der Waals surface area contributed by atoms with E-state index in [2.05, 4.69) is 0 Å². The second kappa shape index (κ2) is 6.35. The summed E-state index contributed by atoms with van der Waals surface area (Å²) in [7, 11) is 0.924. The van der Waals surface area contributed by atoms with Gasteiger partial charge in [0.05, 0.1) is 11.4 Å². The van der Waals surface area contributed by atoms with E-state index in [1.54, 1.807) is 6.07 Å². The van der Waals surface area contributed by atoms with E-state index in [0.717, 1.165) is 0 Å². The van der Waals surface area contributed by atoms with E-state index in [4.69, 9.17) is 0 Å². The molecule has 1 aliphatic heterocycles. The van der Waals surface area contributed by atoms with Gasteiger partial charge in [-0.25, -0.2) is 12.8 Å². The van der Waals surface area contributed by atoms with Crippen LogP contribution in [0.1, 0.15) is 13.3 Å². The van der Waals surface area contributed by atoms with Gasteiger partial charge in [0.25, 0.3) is 0 Å². The SMILES string of the molecule is CC(C(=O)N(C)C)S(=O)(=O)N1CCCN(C)c2ccc(F)cc21. The van der Waals surface area contributed by atoms with Crippen LogP contribution in [-0.4, -0.2) is 58.7 Å². The maximum atomic E-state index is 13.7. The molecule has 23 heavy (non-hydrogen) atoms. The number of halogens is 1. The van der Waals surface area contributed by atoms with E-state index in [0.29, 0.717) is 18.7 Å². The zero-order valence-corrected chi connectivity index (χ0v) is 14.6. The Morgan fingerprint density at radius 3 is 2.52 bits per heavy atom. The molecule has 1 heterocycles. The Morgan fingerprint density at radius 2 is 1.91 bits per heavy atom. The lowest BCUT2D eigenvalue weighted by Crippen LogP contribution is -2.45. The molecule has 0 bridgehead atoms. The molecule has 0 spiro atoms. The van der Waals surface area contributed by atoms with Crippen molar-refractivity contribution in [2.45, 2.75) is 18.6 Å².